The number of benzene rings is 1. The fraction of sp³-hybridized carbons (Fsp3) is 0.429. The van der Waals surface area contributed by atoms with Crippen molar-refractivity contribution in [3.63, 3.8) is 0 Å². The number of aliphatic carboxylic acids is 1. The summed E-state index contributed by atoms with van der Waals surface area (Å²) in [4.78, 5) is 23.8. The summed E-state index contributed by atoms with van der Waals surface area (Å²) in [6, 6.07) is 7.45. The highest BCUT2D eigenvalue weighted by molar-refractivity contribution is 5.78. The van der Waals surface area contributed by atoms with Crippen LogP contribution in [0.4, 0.5) is 0 Å². The predicted octanol–water partition coefficient (Wildman–Crippen LogP) is 0.718. The number of amides is 1. The van der Waals surface area contributed by atoms with Gasteiger partial charge in [-0.1, -0.05) is 12.1 Å². The summed E-state index contributed by atoms with van der Waals surface area (Å²) in [6.07, 6.45) is 0.0274. The molecule has 1 amide bonds. The second-order valence-corrected chi connectivity index (χ2v) is 4.51. The molecule has 1 rings (SSSR count). The average molecular weight is 280 g/mol. The monoisotopic (exact) mass is 280 g/mol. The van der Waals surface area contributed by atoms with Crippen molar-refractivity contribution < 1.29 is 19.4 Å². The lowest BCUT2D eigenvalue weighted by molar-refractivity contribution is -0.137. The molecule has 0 aromatic heterocycles. The molecule has 1 aromatic carbocycles. The number of carboxylic acid groups (broad SMARTS) is 1. The number of hydrogen-bond acceptors (Lipinski definition) is 4. The van der Waals surface area contributed by atoms with Crippen molar-refractivity contribution >= 4 is 11.9 Å². The first kappa shape index (κ1) is 16.0. The summed E-state index contributed by atoms with van der Waals surface area (Å²) in [5.74, 6) is -0.260. The Morgan fingerprint density at radius 2 is 2.15 bits per heavy atom. The molecule has 0 aliphatic rings. The van der Waals surface area contributed by atoms with E-state index in [4.69, 9.17) is 9.84 Å². The molecule has 0 heterocycles. The number of nitrogens with zero attached hydrogens (tertiary/aromatic N) is 1. The lowest BCUT2D eigenvalue weighted by Crippen LogP contribution is -2.35. The van der Waals surface area contributed by atoms with Crippen molar-refractivity contribution in [3.8, 4) is 5.75 Å². The summed E-state index contributed by atoms with van der Waals surface area (Å²) in [5.41, 5.74) is 0.950. The highest BCUT2D eigenvalue weighted by atomic mass is 16.5. The van der Waals surface area contributed by atoms with Gasteiger partial charge < -0.3 is 15.2 Å². The van der Waals surface area contributed by atoms with Gasteiger partial charge in [0, 0.05) is 13.1 Å². The lowest BCUT2D eigenvalue weighted by Gasteiger charge is -2.15. The standard InChI is InChI=1S/C14H20N2O4/c1-16(7-6-14(18)19)10-13(17)15-9-11-4-3-5-12(8-11)20-2/h3-5,8H,6-7,9-10H2,1-2H3,(H,15,17)(H,18,19). The van der Waals surface area contributed by atoms with Crippen molar-refractivity contribution in [2.45, 2.75) is 13.0 Å². The molecule has 110 valence electrons. The number of hydrogen-bond donors (Lipinski definition) is 2. The van der Waals surface area contributed by atoms with E-state index in [1.165, 1.54) is 0 Å². The average Bonchev–Trinajstić information content (AvgIpc) is 2.43. The molecule has 0 aliphatic heterocycles. The van der Waals surface area contributed by atoms with Crippen LogP contribution in [-0.4, -0.2) is 49.1 Å². The number of carboxylic acids is 1. The van der Waals surface area contributed by atoms with Crippen LogP contribution >= 0.6 is 0 Å². The zero-order valence-electron chi connectivity index (χ0n) is 11.8. The van der Waals surface area contributed by atoms with Crippen LogP contribution in [-0.2, 0) is 16.1 Å². The van der Waals surface area contributed by atoms with Crippen molar-refractivity contribution in [3.05, 3.63) is 29.8 Å². The van der Waals surface area contributed by atoms with E-state index in [2.05, 4.69) is 5.32 Å². The SMILES string of the molecule is COc1cccc(CNC(=O)CN(C)CCC(=O)O)c1. The summed E-state index contributed by atoms with van der Waals surface area (Å²) < 4.78 is 5.10. The van der Waals surface area contributed by atoms with Gasteiger partial charge in [0.25, 0.3) is 0 Å². The van der Waals surface area contributed by atoms with E-state index in [-0.39, 0.29) is 18.9 Å². The molecule has 0 saturated heterocycles. The van der Waals surface area contributed by atoms with Crippen LogP contribution in [0, 0.1) is 0 Å². The molecular formula is C14H20N2O4. The van der Waals surface area contributed by atoms with E-state index in [1.54, 1.807) is 19.1 Å². The fourth-order valence-corrected chi connectivity index (χ4v) is 1.65. The van der Waals surface area contributed by atoms with Gasteiger partial charge in [0.1, 0.15) is 5.75 Å². The lowest BCUT2D eigenvalue weighted by atomic mass is 10.2. The van der Waals surface area contributed by atoms with Gasteiger partial charge in [0.2, 0.25) is 5.91 Å². The van der Waals surface area contributed by atoms with Crippen LogP contribution < -0.4 is 10.1 Å². The molecule has 0 atom stereocenters. The maximum atomic E-state index is 11.7. The molecule has 0 fully saturated rings. The molecule has 0 radical (unpaired) electrons. The Hall–Kier alpha value is -2.08. The van der Waals surface area contributed by atoms with Gasteiger partial charge in [-0.05, 0) is 24.7 Å². The highest BCUT2D eigenvalue weighted by Gasteiger charge is 2.08. The van der Waals surface area contributed by atoms with Gasteiger partial charge in [-0.2, -0.15) is 0 Å². The zero-order chi connectivity index (χ0) is 15.0. The van der Waals surface area contributed by atoms with Crippen molar-refractivity contribution in [2.24, 2.45) is 0 Å². The van der Waals surface area contributed by atoms with Gasteiger partial charge in [0.15, 0.2) is 0 Å². The molecule has 6 heteroatoms. The van der Waals surface area contributed by atoms with Crippen LogP contribution in [0.2, 0.25) is 0 Å². The number of methoxy groups -OCH3 is 1. The minimum atomic E-state index is -0.867. The van der Waals surface area contributed by atoms with Crippen LogP contribution in [0.15, 0.2) is 24.3 Å². The second-order valence-electron chi connectivity index (χ2n) is 4.51. The van der Waals surface area contributed by atoms with E-state index < -0.39 is 5.97 Å². The Bertz CT molecular complexity index is 462. The summed E-state index contributed by atoms with van der Waals surface area (Å²) in [7, 11) is 3.31. The minimum absolute atomic E-state index is 0.0274. The number of carbonyl (C=O) groups is 2. The molecular weight excluding hydrogens is 260 g/mol. The molecule has 0 spiro atoms. The van der Waals surface area contributed by atoms with E-state index in [0.29, 0.717) is 13.1 Å². The quantitative estimate of drug-likeness (QED) is 0.733. The Balaban J connectivity index is 2.33. The normalized spacial score (nSPS) is 10.3. The molecule has 0 saturated carbocycles. The third-order valence-corrected chi connectivity index (χ3v) is 2.74. The van der Waals surface area contributed by atoms with Gasteiger partial charge in [-0.25, -0.2) is 0 Å². The molecule has 2 N–H and O–H groups in total. The van der Waals surface area contributed by atoms with E-state index in [0.717, 1.165) is 11.3 Å². The Kier molecular flexibility index (Phi) is 6.52. The number of nitrogens with one attached hydrogen (secondary N) is 1. The molecule has 1 aromatic rings. The van der Waals surface area contributed by atoms with Crippen LogP contribution in [0.3, 0.4) is 0 Å². The van der Waals surface area contributed by atoms with Crippen LogP contribution in [0.25, 0.3) is 0 Å². The third kappa shape index (κ3) is 6.19. The Morgan fingerprint density at radius 1 is 1.40 bits per heavy atom. The third-order valence-electron chi connectivity index (χ3n) is 2.74. The first-order chi connectivity index (χ1) is 9.51. The first-order valence-corrected chi connectivity index (χ1v) is 6.31. The summed E-state index contributed by atoms with van der Waals surface area (Å²) in [6.45, 7) is 0.946. The maximum absolute atomic E-state index is 11.7. The van der Waals surface area contributed by atoms with Gasteiger partial charge >= 0.3 is 5.97 Å². The molecule has 0 aliphatic carbocycles. The van der Waals surface area contributed by atoms with E-state index in [9.17, 15) is 9.59 Å². The summed E-state index contributed by atoms with van der Waals surface area (Å²) >= 11 is 0. The Labute approximate surface area is 118 Å². The Morgan fingerprint density at radius 3 is 2.80 bits per heavy atom. The summed E-state index contributed by atoms with van der Waals surface area (Å²) in [5, 5.41) is 11.3. The van der Waals surface area contributed by atoms with Crippen molar-refractivity contribution in [1.82, 2.24) is 10.2 Å². The van der Waals surface area contributed by atoms with Crippen LogP contribution in [0.1, 0.15) is 12.0 Å². The number of ether oxygens (including phenoxy) is 1. The number of carbonyl (C=O) groups excluding carboxylic acids is 1. The second kappa shape index (κ2) is 8.16. The molecule has 6 nitrogen and oxygen atoms in total. The van der Waals surface area contributed by atoms with Gasteiger partial charge in [-0.15, -0.1) is 0 Å². The van der Waals surface area contributed by atoms with Gasteiger partial charge in [0.05, 0.1) is 20.1 Å². The zero-order valence-corrected chi connectivity index (χ0v) is 11.8. The highest BCUT2D eigenvalue weighted by Crippen LogP contribution is 2.11. The smallest absolute Gasteiger partial charge is 0.304 e. The van der Waals surface area contributed by atoms with E-state index in [1.807, 2.05) is 24.3 Å². The topological polar surface area (TPSA) is 78.9 Å². The molecule has 0 bridgehead atoms. The maximum Gasteiger partial charge on any atom is 0.304 e. The molecule has 20 heavy (non-hydrogen) atoms. The van der Waals surface area contributed by atoms with E-state index >= 15 is 0 Å². The minimum Gasteiger partial charge on any atom is -0.497 e. The van der Waals surface area contributed by atoms with Crippen LogP contribution in [0.5, 0.6) is 5.75 Å². The van der Waals surface area contributed by atoms with Gasteiger partial charge in [-0.3, -0.25) is 14.5 Å². The number of rotatable bonds is 8. The number of likely N-dealkylation sites (N-methyl/N-ethyl adjacent to an activating group) is 1. The van der Waals surface area contributed by atoms with Crippen molar-refractivity contribution in [1.29, 1.82) is 0 Å². The largest absolute Gasteiger partial charge is 0.497 e. The predicted molar refractivity (Wildman–Crippen MR) is 74.6 cm³/mol. The molecule has 0 unspecified atom stereocenters. The van der Waals surface area contributed by atoms with Crippen molar-refractivity contribution in [2.75, 3.05) is 27.2 Å². The fourth-order valence-electron chi connectivity index (χ4n) is 1.65. The first-order valence-electron chi connectivity index (χ1n) is 6.31.